The van der Waals surface area contributed by atoms with E-state index in [1.54, 1.807) is 6.21 Å². The molecule has 12 heavy (non-hydrogen) atoms. The molecule has 0 fully saturated rings. The highest BCUT2D eigenvalue weighted by Gasteiger charge is 1.99. The zero-order chi connectivity index (χ0) is 8.97. The first-order valence-corrected chi connectivity index (χ1v) is 4.28. The van der Waals surface area contributed by atoms with Crippen LogP contribution in [0.3, 0.4) is 0 Å². The van der Waals surface area contributed by atoms with Crippen molar-refractivity contribution in [1.29, 1.82) is 0 Å². The van der Waals surface area contributed by atoms with E-state index in [0.29, 0.717) is 5.92 Å². The lowest BCUT2D eigenvalue weighted by Gasteiger charge is -2.03. The molecule has 0 spiro atoms. The van der Waals surface area contributed by atoms with Crippen LogP contribution in [0.2, 0.25) is 0 Å². The molecule has 0 aromatic carbocycles. The van der Waals surface area contributed by atoms with Crippen LogP contribution in [0.25, 0.3) is 0 Å². The quantitative estimate of drug-likeness (QED) is 0.549. The number of thiol groups is 1. The maximum atomic E-state index is 4.36. The van der Waals surface area contributed by atoms with Crippen molar-refractivity contribution in [3.05, 3.63) is 29.6 Å². The second-order valence-electron chi connectivity index (χ2n) is 2.89. The summed E-state index contributed by atoms with van der Waals surface area (Å²) < 4.78 is 3.61. The van der Waals surface area contributed by atoms with Crippen molar-refractivity contribution in [2.24, 2.45) is 4.40 Å². The SMILES string of the molecule is CC(C)c1cccc(/C=N/S)n1. The molecule has 0 bridgehead atoms. The van der Waals surface area contributed by atoms with Gasteiger partial charge in [-0.2, -0.15) is 0 Å². The van der Waals surface area contributed by atoms with Crippen molar-refractivity contribution in [2.75, 3.05) is 0 Å². The Balaban J connectivity index is 2.95. The Morgan fingerprint density at radius 3 is 2.83 bits per heavy atom. The van der Waals surface area contributed by atoms with E-state index >= 15 is 0 Å². The van der Waals surface area contributed by atoms with Crippen molar-refractivity contribution >= 4 is 19.0 Å². The van der Waals surface area contributed by atoms with Gasteiger partial charge in [-0.05, 0) is 30.9 Å². The highest BCUT2D eigenvalue weighted by atomic mass is 32.1. The normalized spacial score (nSPS) is 11.3. The Kier molecular flexibility index (Phi) is 3.29. The predicted molar refractivity (Wildman–Crippen MR) is 54.9 cm³/mol. The molecule has 0 atom stereocenters. The fourth-order valence-electron chi connectivity index (χ4n) is 0.922. The summed E-state index contributed by atoms with van der Waals surface area (Å²) in [6, 6.07) is 5.90. The topological polar surface area (TPSA) is 25.2 Å². The number of hydrogen-bond acceptors (Lipinski definition) is 3. The van der Waals surface area contributed by atoms with Gasteiger partial charge in [-0.1, -0.05) is 19.9 Å². The third kappa shape index (κ3) is 2.34. The van der Waals surface area contributed by atoms with Gasteiger partial charge in [0.2, 0.25) is 0 Å². The Morgan fingerprint density at radius 2 is 2.25 bits per heavy atom. The van der Waals surface area contributed by atoms with Gasteiger partial charge in [-0.3, -0.25) is 4.98 Å². The van der Waals surface area contributed by atoms with Gasteiger partial charge >= 0.3 is 0 Å². The maximum Gasteiger partial charge on any atom is 0.0822 e. The smallest absolute Gasteiger partial charge is 0.0822 e. The van der Waals surface area contributed by atoms with Crippen LogP contribution in [0.5, 0.6) is 0 Å². The summed E-state index contributed by atoms with van der Waals surface area (Å²) in [5.41, 5.74) is 1.94. The van der Waals surface area contributed by atoms with E-state index in [-0.39, 0.29) is 0 Å². The standard InChI is InChI=1S/C9H12N2S/c1-7(2)9-5-3-4-8(11-9)6-10-12/h3-7,12H,1-2H3/b10-6+. The van der Waals surface area contributed by atoms with Gasteiger partial charge in [0.1, 0.15) is 0 Å². The van der Waals surface area contributed by atoms with Crippen LogP contribution in [0, 0.1) is 0 Å². The molecule has 0 aliphatic heterocycles. The summed E-state index contributed by atoms with van der Waals surface area (Å²) in [6.45, 7) is 4.23. The average molecular weight is 180 g/mol. The number of hydrogen-bond donors (Lipinski definition) is 1. The number of nitrogens with zero attached hydrogens (tertiary/aromatic N) is 2. The van der Waals surface area contributed by atoms with Crippen molar-refractivity contribution in [1.82, 2.24) is 4.98 Å². The predicted octanol–water partition coefficient (Wildman–Crippen LogP) is 2.47. The minimum Gasteiger partial charge on any atom is -0.252 e. The van der Waals surface area contributed by atoms with Gasteiger partial charge in [0.05, 0.1) is 11.9 Å². The van der Waals surface area contributed by atoms with E-state index in [9.17, 15) is 0 Å². The van der Waals surface area contributed by atoms with Gasteiger partial charge in [0.25, 0.3) is 0 Å². The van der Waals surface area contributed by atoms with Crippen LogP contribution in [0.15, 0.2) is 22.6 Å². The van der Waals surface area contributed by atoms with Gasteiger partial charge in [0, 0.05) is 5.69 Å². The van der Waals surface area contributed by atoms with E-state index in [1.807, 2.05) is 18.2 Å². The lowest BCUT2D eigenvalue weighted by molar-refractivity contribution is 0.821. The van der Waals surface area contributed by atoms with Crippen molar-refractivity contribution in [3.63, 3.8) is 0 Å². The van der Waals surface area contributed by atoms with Crippen molar-refractivity contribution in [2.45, 2.75) is 19.8 Å². The largest absolute Gasteiger partial charge is 0.252 e. The molecule has 0 aliphatic rings. The van der Waals surface area contributed by atoms with E-state index in [2.05, 4.69) is 36.0 Å². The van der Waals surface area contributed by atoms with Crippen LogP contribution >= 0.6 is 12.8 Å². The van der Waals surface area contributed by atoms with Gasteiger partial charge in [-0.25, -0.2) is 4.40 Å². The molecule has 0 saturated carbocycles. The Morgan fingerprint density at radius 1 is 1.50 bits per heavy atom. The highest BCUT2D eigenvalue weighted by Crippen LogP contribution is 2.10. The molecule has 0 amide bonds. The lowest BCUT2D eigenvalue weighted by atomic mass is 10.1. The first-order valence-electron chi connectivity index (χ1n) is 3.88. The molecule has 2 nitrogen and oxygen atoms in total. The Hall–Kier alpha value is -0.830. The molecule has 0 N–H and O–H groups in total. The van der Waals surface area contributed by atoms with E-state index in [4.69, 9.17) is 0 Å². The molecule has 3 heteroatoms. The molecule has 0 saturated heterocycles. The Bertz CT molecular complexity index is 282. The molecule has 0 unspecified atom stereocenters. The molecule has 0 radical (unpaired) electrons. The number of pyridine rings is 1. The summed E-state index contributed by atoms with van der Waals surface area (Å²) in [4.78, 5) is 4.36. The monoisotopic (exact) mass is 180 g/mol. The highest BCUT2D eigenvalue weighted by molar-refractivity contribution is 7.78. The van der Waals surface area contributed by atoms with E-state index < -0.39 is 0 Å². The molecule has 1 heterocycles. The summed E-state index contributed by atoms with van der Waals surface area (Å²) in [6.07, 6.45) is 1.63. The van der Waals surface area contributed by atoms with Gasteiger partial charge in [0.15, 0.2) is 0 Å². The lowest BCUT2D eigenvalue weighted by Crippen LogP contribution is -1.95. The van der Waals surface area contributed by atoms with E-state index in [1.165, 1.54) is 0 Å². The average Bonchev–Trinajstić information content (AvgIpc) is 2.05. The molecule has 64 valence electrons. The summed E-state index contributed by atoms with van der Waals surface area (Å²) in [5, 5.41) is 0. The summed E-state index contributed by atoms with van der Waals surface area (Å²) >= 11 is 3.75. The maximum absolute atomic E-state index is 4.36. The van der Waals surface area contributed by atoms with Crippen LogP contribution in [-0.2, 0) is 0 Å². The minimum atomic E-state index is 0.457. The van der Waals surface area contributed by atoms with Crippen LogP contribution < -0.4 is 0 Å². The zero-order valence-corrected chi connectivity index (χ0v) is 8.12. The van der Waals surface area contributed by atoms with Crippen molar-refractivity contribution in [3.8, 4) is 0 Å². The molecule has 1 rings (SSSR count). The van der Waals surface area contributed by atoms with Crippen LogP contribution in [-0.4, -0.2) is 11.2 Å². The molecular weight excluding hydrogens is 168 g/mol. The fraction of sp³-hybridized carbons (Fsp3) is 0.333. The van der Waals surface area contributed by atoms with Crippen LogP contribution in [0.4, 0.5) is 0 Å². The fourth-order valence-corrected chi connectivity index (χ4v) is 1.04. The molecule has 0 aliphatic carbocycles. The third-order valence-corrected chi connectivity index (χ3v) is 1.69. The number of aromatic nitrogens is 1. The molecular formula is C9H12N2S. The zero-order valence-electron chi connectivity index (χ0n) is 7.23. The first kappa shape index (κ1) is 9.26. The van der Waals surface area contributed by atoms with E-state index in [0.717, 1.165) is 11.4 Å². The third-order valence-electron chi connectivity index (χ3n) is 1.57. The molecule has 1 aromatic heterocycles. The summed E-state index contributed by atoms with van der Waals surface area (Å²) in [5.74, 6) is 0.457. The van der Waals surface area contributed by atoms with Gasteiger partial charge < -0.3 is 0 Å². The number of rotatable bonds is 2. The molecule has 1 aromatic rings. The minimum absolute atomic E-state index is 0.457. The second-order valence-corrected chi connectivity index (χ2v) is 3.12. The Labute approximate surface area is 78.3 Å². The van der Waals surface area contributed by atoms with Gasteiger partial charge in [-0.15, -0.1) is 0 Å². The summed E-state index contributed by atoms with van der Waals surface area (Å²) in [7, 11) is 0. The second kappa shape index (κ2) is 4.26. The van der Waals surface area contributed by atoms with Crippen LogP contribution in [0.1, 0.15) is 31.2 Å². The van der Waals surface area contributed by atoms with Crippen molar-refractivity contribution < 1.29 is 0 Å². The first-order chi connectivity index (χ1) is 5.74.